The van der Waals surface area contributed by atoms with Crippen molar-refractivity contribution in [1.82, 2.24) is 10.3 Å². The Balaban J connectivity index is 2.27. The molecule has 1 atom stereocenters. The third-order valence-corrected chi connectivity index (χ3v) is 3.22. The predicted molar refractivity (Wildman–Crippen MR) is 68.4 cm³/mol. The SMILES string of the molecule is CCC1NC(=O)CCN(c2ccc(C(F)(F)F)nc2)C1=O. The smallest absolute Gasteiger partial charge is 0.344 e. The van der Waals surface area contributed by atoms with Crippen LogP contribution in [0.1, 0.15) is 25.5 Å². The highest BCUT2D eigenvalue weighted by atomic mass is 19.4. The molecule has 0 aromatic carbocycles. The highest BCUT2D eigenvalue weighted by Crippen LogP contribution is 2.28. The molecular weight excluding hydrogens is 287 g/mol. The van der Waals surface area contributed by atoms with Crippen molar-refractivity contribution in [2.24, 2.45) is 0 Å². The summed E-state index contributed by atoms with van der Waals surface area (Å²) in [6.45, 7) is 1.87. The Morgan fingerprint density at radius 3 is 2.62 bits per heavy atom. The minimum atomic E-state index is -4.52. The highest BCUT2D eigenvalue weighted by Gasteiger charge is 2.33. The quantitative estimate of drug-likeness (QED) is 0.905. The van der Waals surface area contributed by atoms with Crippen LogP contribution < -0.4 is 10.2 Å². The van der Waals surface area contributed by atoms with Gasteiger partial charge in [-0.3, -0.25) is 9.59 Å². The van der Waals surface area contributed by atoms with E-state index in [9.17, 15) is 22.8 Å². The van der Waals surface area contributed by atoms with Gasteiger partial charge in [0.05, 0.1) is 11.9 Å². The molecule has 1 unspecified atom stereocenters. The number of rotatable bonds is 2. The highest BCUT2D eigenvalue weighted by molar-refractivity contribution is 6.01. The lowest BCUT2D eigenvalue weighted by molar-refractivity contribution is -0.141. The average molecular weight is 301 g/mol. The Bertz CT molecular complexity index is 543. The molecule has 1 aromatic rings. The van der Waals surface area contributed by atoms with Crippen LogP contribution in [0.4, 0.5) is 18.9 Å². The first-order valence-electron chi connectivity index (χ1n) is 6.47. The minimum absolute atomic E-state index is 0.100. The molecule has 2 rings (SSSR count). The Kier molecular flexibility index (Phi) is 4.15. The zero-order valence-electron chi connectivity index (χ0n) is 11.3. The number of anilines is 1. The number of nitrogens with zero attached hydrogens (tertiary/aromatic N) is 2. The van der Waals surface area contributed by atoms with Crippen molar-refractivity contribution >= 4 is 17.5 Å². The minimum Gasteiger partial charge on any atom is -0.344 e. The molecule has 2 amide bonds. The molecule has 0 saturated carbocycles. The van der Waals surface area contributed by atoms with Gasteiger partial charge in [0, 0.05) is 13.0 Å². The Morgan fingerprint density at radius 1 is 1.38 bits per heavy atom. The fourth-order valence-electron chi connectivity index (χ4n) is 2.09. The number of carbonyl (C=O) groups is 2. The molecule has 8 heteroatoms. The van der Waals surface area contributed by atoms with Gasteiger partial charge in [0.2, 0.25) is 11.8 Å². The molecule has 21 heavy (non-hydrogen) atoms. The maximum absolute atomic E-state index is 12.5. The Hall–Kier alpha value is -2.12. The van der Waals surface area contributed by atoms with Gasteiger partial charge < -0.3 is 10.2 Å². The second-order valence-electron chi connectivity index (χ2n) is 4.67. The summed E-state index contributed by atoms with van der Waals surface area (Å²) in [6, 6.07) is 1.35. The second kappa shape index (κ2) is 5.71. The van der Waals surface area contributed by atoms with Gasteiger partial charge in [0.15, 0.2) is 0 Å². The number of amides is 2. The molecule has 0 radical (unpaired) electrons. The van der Waals surface area contributed by atoms with Crippen molar-refractivity contribution in [1.29, 1.82) is 0 Å². The average Bonchev–Trinajstić information content (AvgIpc) is 2.57. The molecule has 5 nitrogen and oxygen atoms in total. The van der Waals surface area contributed by atoms with E-state index in [1.807, 2.05) is 0 Å². The van der Waals surface area contributed by atoms with Crippen LogP contribution in [-0.2, 0) is 15.8 Å². The lowest BCUT2D eigenvalue weighted by atomic mass is 10.2. The normalized spacial score (nSPS) is 20.2. The maximum atomic E-state index is 12.5. The van der Waals surface area contributed by atoms with E-state index < -0.39 is 17.9 Å². The summed E-state index contributed by atoms with van der Waals surface area (Å²) >= 11 is 0. The van der Waals surface area contributed by atoms with Crippen LogP contribution in [0.2, 0.25) is 0 Å². The number of alkyl halides is 3. The maximum Gasteiger partial charge on any atom is 0.433 e. The molecule has 0 bridgehead atoms. The van der Waals surface area contributed by atoms with Crippen LogP contribution in [0.5, 0.6) is 0 Å². The van der Waals surface area contributed by atoms with Crippen molar-refractivity contribution < 1.29 is 22.8 Å². The summed E-state index contributed by atoms with van der Waals surface area (Å²) in [7, 11) is 0. The topological polar surface area (TPSA) is 62.3 Å². The van der Waals surface area contributed by atoms with E-state index in [-0.39, 0.29) is 30.5 Å². The Labute approximate surface area is 119 Å². The fourth-order valence-corrected chi connectivity index (χ4v) is 2.09. The summed E-state index contributed by atoms with van der Waals surface area (Å²) < 4.78 is 37.4. The van der Waals surface area contributed by atoms with Crippen LogP contribution in [0.3, 0.4) is 0 Å². The lowest BCUT2D eigenvalue weighted by Gasteiger charge is -2.23. The summed E-state index contributed by atoms with van der Waals surface area (Å²) in [5.74, 6) is -0.595. The summed E-state index contributed by atoms with van der Waals surface area (Å²) in [5.41, 5.74) is -0.766. The number of nitrogens with one attached hydrogen (secondary N) is 1. The molecule has 0 aliphatic carbocycles. The molecule has 2 heterocycles. The van der Waals surface area contributed by atoms with E-state index in [1.165, 1.54) is 11.0 Å². The Morgan fingerprint density at radius 2 is 2.10 bits per heavy atom. The monoisotopic (exact) mass is 301 g/mol. The van der Waals surface area contributed by atoms with Crippen LogP contribution in [-0.4, -0.2) is 29.4 Å². The van der Waals surface area contributed by atoms with E-state index in [1.54, 1.807) is 6.92 Å². The molecule has 1 aliphatic heterocycles. The van der Waals surface area contributed by atoms with Gasteiger partial charge in [-0.05, 0) is 18.6 Å². The number of hydrogen-bond donors (Lipinski definition) is 1. The summed E-state index contributed by atoms with van der Waals surface area (Å²) in [6.07, 6.45) is -3.01. The number of aromatic nitrogens is 1. The molecule has 114 valence electrons. The number of hydrogen-bond acceptors (Lipinski definition) is 3. The van der Waals surface area contributed by atoms with Crippen LogP contribution in [0, 0.1) is 0 Å². The molecule has 0 spiro atoms. The first-order chi connectivity index (χ1) is 9.82. The molecular formula is C13H14F3N3O2. The molecule has 1 aliphatic rings. The largest absolute Gasteiger partial charge is 0.433 e. The van der Waals surface area contributed by atoms with Crippen LogP contribution in [0.25, 0.3) is 0 Å². The van der Waals surface area contributed by atoms with Gasteiger partial charge >= 0.3 is 6.18 Å². The molecule has 1 N–H and O–H groups in total. The molecule has 1 aromatic heterocycles. The van der Waals surface area contributed by atoms with E-state index in [2.05, 4.69) is 10.3 Å². The third-order valence-electron chi connectivity index (χ3n) is 3.22. The van der Waals surface area contributed by atoms with Crippen molar-refractivity contribution in [3.63, 3.8) is 0 Å². The van der Waals surface area contributed by atoms with Gasteiger partial charge in [-0.2, -0.15) is 13.2 Å². The van der Waals surface area contributed by atoms with E-state index in [0.717, 1.165) is 12.3 Å². The zero-order valence-corrected chi connectivity index (χ0v) is 11.3. The van der Waals surface area contributed by atoms with Crippen LogP contribution >= 0.6 is 0 Å². The standard InChI is InChI=1S/C13H14F3N3O2/c1-2-9-12(21)19(6-5-11(20)18-9)8-3-4-10(17-7-8)13(14,15)16/h3-4,7,9H,2,5-6H2,1H3,(H,18,20). The molecule has 1 saturated heterocycles. The number of carbonyl (C=O) groups excluding carboxylic acids is 2. The summed E-state index contributed by atoms with van der Waals surface area (Å²) in [4.78, 5) is 28.4. The van der Waals surface area contributed by atoms with Gasteiger partial charge in [-0.1, -0.05) is 6.92 Å². The second-order valence-corrected chi connectivity index (χ2v) is 4.67. The van der Waals surface area contributed by atoms with E-state index >= 15 is 0 Å². The fraction of sp³-hybridized carbons (Fsp3) is 0.462. The van der Waals surface area contributed by atoms with Gasteiger partial charge in [-0.15, -0.1) is 0 Å². The zero-order chi connectivity index (χ0) is 15.6. The predicted octanol–water partition coefficient (Wildman–Crippen LogP) is 1.73. The number of pyridine rings is 1. The van der Waals surface area contributed by atoms with Crippen molar-refractivity contribution in [2.45, 2.75) is 32.0 Å². The van der Waals surface area contributed by atoms with Crippen molar-refractivity contribution in [3.05, 3.63) is 24.0 Å². The van der Waals surface area contributed by atoms with Gasteiger partial charge in [-0.25, -0.2) is 4.98 Å². The first-order valence-corrected chi connectivity index (χ1v) is 6.47. The van der Waals surface area contributed by atoms with Crippen molar-refractivity contribution in [3.8, 4) is 0 Å². The van der Waals surface area contributed by atoms with Gasteiger partial charge in [0.1, 0.15) is 11.7 Å². The van der Waals surface area contributed by atoms with E-state index in [4.69, 9.17) is 0 Å². The van der Waals surface area contributed by atoms with Crippen molar-refractivity contribution in [2.75, 3.05) is 11.4 Å². The lowest BCUT2D eigenvalue weighted by Crippen LogP contribution is -2.44. The first kappa shape index (κ1) is 15.3. The van der Waals surface area contributed by atoms with E-state index in [0.29, 0.717) is 6.42 Å². The van der Waals surface area contributed by atoms with Gasteiger partial charge in [0.25, 0.3) is 0 Å². The third kappa shape index (κ3) is 3.32. The summed E-state index contributed by atoms with van der Waals surface area (Å²) in [5, 5.41) is 2.58. The van der Waals surface area contributed by atoms with Crippen LogP contribution in [0.15, 0.2) is 18.3 Å². The molecule has 1 fully saturated rings. The number of halogens is 3.